The highest BCUT2D eigenvalue weighted by molar-refractivity contribution is 6.31. The first-order valence-electron chi connectivity index (χ1n) is 13.4. The number of carbonyl (C=O) groups is 1. The van der Waals surface area contributed by atoms with Crippen molar-refractivity contribution in [2.24, 2.45) is 5.41 Å². The summed E-state index contributed by atoms with van der Waals surface area (Å²) in [5.41, 5.74) is 1.37. The van der Waals surface area contributed by atoms with E-state index in [2.05, 4.69) is 9.88 Å². The van der Waals surface area contributed by atoms with E-state index in [4.69, 9.17) is 30.5 Å². The molecule has 0 aliphatic carbocycles. The number of nitrogens with zero attached hydrogens (tertiary/aromatic N) is 3. The number of aromatic nitrogens is 1. The summed E-state index contributed by atoms with van der Waals surface area (Å²) in [6, 6.07) is 7.75. The zero-order valence-corrected chi connectivity index (χ0v) is 24.2. The van der Waals surface area contributed by atoms with Gasteiger partial charge in [0.25, 0.3) is 5.91 Å². The van der Waals surface area contributed by atoms with Gasteiger partial charge in [-0.1, -0.05) is 24.6 Å². The van der Waals surface area contributed by atoms with Crippen molar-refractivity contribution in [3.63, 3.8) is 0 Å². The molecule has 4 atom stereocenters. The number of halogens is 1. The van der Waals surface area contributed by atoms with Crippen LogP contribution in [0.5, 0.6) is 11.5 Å². The maximum atomic E-state index is 13.3. The van der Waals surface area contributed by atoms with Crippen molar-refractivity contribution >= 4 is 23.3 Å². The summed E-state index contributed by atoms with van der Waals surface area (Å²) < 4.78 is 23.4. The monoisotopic (exact) mass is 559 g/mol. The van der Waals surface area contributed by atoms with Crippen LogP contribution in [0.15, 0.2) is 30.5 Å². The molecule has 1 aromatic carbocycles. The van der Waals surface area contributed by atoms with Crippen molar-refractivity contribution in [1.29, 1.82) is 0 Å². The van der Waals surface area contributed by atoms with E-state index >= 15 is 0 Å². The summed E-state index contributed by atoms with van der Waals surface area (Å²) in [6.45, 7) is 11.8. The van der Waals surface area contributed by atoms with Crippen LogP contribution in [0.1, 0.15) is 44.7 Å². The number of methoxy groups -OCH3 is 1. The molecular weight excluding hydrogens is 522 g/mol. The molecule has 1 unspecified atom stereocenters. The molecule has 4 heterocycles. The van der Waals surface area contributed by atoms with Gasteiger partial charge in [0.1, 0.15) is 11.9 Å². The Hall–Kier alpha value is -2.59. The molecule has 39 heavy (non-hydrogen) atoms. The van der Waals surface area contributed by atoms with E-state index in [1.807, 2.05) is 38.1 Å². The van der Waals surface area contributed by atoms with Crippen molar-refractivity contribution in [3.8, 4) is 11.5 Å². The van der Waals surface area contributed by atoms with E-state index in [9.17, 15) is 9.90 Å². The number of likely N-dealkylation sites (tertiary alicyclic amines) is 1. The number of amides is 1. The van der Waals surface area contributed by atoms with Gasteiger partial charge in [0.2, 0.25) is 0 Å². The van der Waals surface area contributed by atoms with E-state index in [1.165, 1.54) is 0 Å². The second-order valence-corrected chi connectivity index (χ2v) is 12.0. The molecule has 0 radical (unpaired) electrons. The third kappa shape index (κ3) is 5.42. The number of aliphatic hydroxyl groups excluding tert-OH is 1. The summed E-state index contributed by atoms with van der Waals surface area (Å²) in [7, 11) is 1.62. The number of anilines is 1. The normalized spacial score (nSPS) is 27.4. The van der Waals surface area contributed by atoms with E-state index in [0.29, 0.717) is 42.7 Å². The molecule has 3 aliphatic rings. The second-order valence-electron chi connectivity index (χ2n) is 11.6. The van der Waals surface area contributed by atoms with Gasteiger partial charge in [0, 0.05) is 35.6 Å². The molecule has 0 spiro atoms. The molecule has 0 saturated carbocycles. The fraction of sp³-hybridized carbons (Fsp3) is 0.586. The Morgan fingerprint density at radius 1 is 1.21 bits per heavy atom. The second kappa shape index (κ2) is 10.4. The molecule has 3 fully saturated rings. The summed E-state index contributed by atoms with van der Waals surface area (Å²) in [6.07, 6.45) is 0.452. The molecule has 1 aromatic heterocycles. The molecule has 1 N–H and O–H groups in total. The van der Waals surface area contributed by atoms with Gasteiger partial charge in [-0.2, -0.15) is 0 Å². The molecule has 3 aliphatic heterocycles. The topological polar surface area (TPSA) is 93.6 Å². The van der Waals surface area contributed by atoms with Gasteiger partial charge in [0.15, 0.2) is 23.4 Å². The van der Waals surface area contributed by atoms with Crippen LogP contribution in [-0.2, 0) is 14.3 Å². The first-order chi connectivity index (χ1) is 18.4. The van der Waals surface area contributed by atoms with Crippen LogP contribution in [0.25, 0.3) is 0 Å². The van der Waals surface area contributed by atoms with Crippen molar-refractivity contribution in [3.05, 3.63) is 46.6 Å². The number of hydrogen-bond acceptors (Lipinski definition) is 8. The molecule has 2 aromatic rings. The van der Waals surface area contributed by atoms with Gasteiger partial charge in [-0.05, 0) is 57.0 Å². The van der Waals surface area contributed by atoms with Gasteiger partial charge in [-0.3, -0.25) is 4.79 Å². The number of rotatable bonds is 7. The Labute approximate surface area is 234 Å². The highest BCUT2D eigenvalue weighted by Gasteiger charge is 2.50. The maximum Gasteiger partial charge on any atom is 0.254 e. The van der Waals surface area contributed by atoms with Crippen LogP contribution in [0, 0.1) is 12.3 Å². The van der Waals surface area contributed by atoms with Crippen molar-refractivity contribution in [1.82, 2.24) is 9.88 Å². The third-order valence-electron chi connectivity index (χ3n) is 8.36. The third-order valence-corrected chi connectivity index (χ3v) is 8.77. The van der Waals surface area contributed by atoms with Gasteiger partial charge < -0.3 is 33.9 Å². The number of aliphatic hydroxyl groups is 1. The molecule has 9 nitrogen and oxygen atoms in total. The average Bonchev–Trinajstić information content (AvgIpc) is 3.42. The lowest BCUT2D eigenvalue weighted by Crippen LogP contribution is -2.54. The van der Waals surface area contributed by atoms with Crippen LogP contribution in [0.3, 0.4) is 0 Å². The van der Waals surface area contributed by atoms with Gasteiger partial charge in [-0.15, -0.1) is 0 Å². The lowest BCUT2D eigenvalue weighted by molar-refractivity contribution is -0.159. The van der Waals surface area contributed by atoms with Gasteiger partial charge in [-0.25, -0.2) is 4.98 Å². The van der Waals surface area contributed by atoms with E-state index < -0.39 is 23.4 Å². The van der Waals surface area contributed by atoms with Crippen molar-refractivity contribution in [2.45, 2.75) is 64.6 Å². The Kier molecular flexibility index (Phi) is 7.47. The summed E-state index contributed by atoms with van der Waals surface area (Å²) in [5.74, 6) is 1.10. The van der Waals surface area contributed by atoms with Crippen LogP contribution in [0.2, 0.25) is 5.02 Å². The average molecular weight is 560 g/mol. The molecule has 10 heteroatoms. The molecule has 3 saturated heterocycles. The molecule has 5 rings (SSSR count). The highest BCUT2D eigenvalue weighted by atomic mass is 35.5. The number of benzene rings is 1. The van der Waals surface area contributed by atoms with Gasteiger partial charge in [0.05, 0.1) is 32.9 Å². The first-order valence-corrected chi connectivity index (χ1v) is 13.8. The van der Waals surface area contributed by atoms with Crippen LogP contribution < -0.4 is 14.4 Å². The highest BCUT2D eigenvalue weighted by Crippen LogP contribution is 2.47. The van der Waals surface area contributed by atoms with Crippen LogP contribution in [0.4, 0.5) is 5.82 Å². The van der Waals surface area contributed by atoms with E-state index in [0.717, 1.165) is 16.9 Å². The first kappa shape index (κ1) is 28.0. The van der Waals surface area contributed by atoms with Crippen LogP contribution in [-0.4, -0.2) is 84.9 Å². The molecular formula is C29H38ClN3O6. The lowest BCUT2D eigenvalue weighted by atomic mass is 9.72. The minimum absolute atomic E-state index is 0.0382. The van der Waals surface area contributed by atoms with E-state index in [1.54, 1.807) is 39.0 Å². The Morgan fingerprint density at radius 3 is 2.56 bits per heavy atom. The van der Waals surface area contributed by atoms with Crippen molar-refractivity contribution in [2.75, 3.05) is 44.8 Å². The zero-order valence-electron chi connectivity index (χ0n) is 23.4. The number of pyridine rings is 1. The molecule has 212 valence electrons. The predicted molar refractivity (Wildman–Crippen MR) is 148 cm³/mol. The molecule has 1 amide bonds. The number of aryl methyl sites for hydroxylation is 1. The largest absolute Gasteiger partial charge is 0.493 e. The zero-order chi connectivity index (χ0) is 28.1. The standard InChI is InChI=1S/C29H38ClN3O6/c1-17-11-31-26(10-22(17)30)32-12-20(13-32)38-24-9-19(7-8-23(24)36-6)21-14-33(16-29(21,5)18(2)34)27(35)25-15-37-28(3,4)39-25/h7-11,18,20-21,25,34H,12-16H2,1-6H3/t18?,21-,25-,29-/m0/s1. The van der Waals surface area contributed by atoms with E-state index in [-0.39, 0.29) is 24.5 Å². The number of carbonyl (C=O) groups excluding carboxylic acids is 1. The molecule has 0 bridgehead atoms. The quantitative estimate of drug-likeness (QED) is 0.548. The Morgan fingerprint density at radius 2 is 1.95 bits per heavy atom. The fourth-order valence-corrected chi connectivity index (χ4v) is 5.79. The summed E-state index contributed by atoms with van der Waals surface area (Å²) >= 11 is 6.28. The number of ether oxygens (including phenoxy) is 4. The predicted octanol–water partition coefficient (Wildman–Crippen LogP) is 3.78. The lowest BCUT2D eigenvalue weighted by Gasteiger charge is -2.40. The summed E-state index contributed by atoms with van der Waals surface area (Å²) in [5, 5.41) is 11.6. The van der Waals surface area contributed by atoms with Crippen molar-refractivity contribution < 1.29 is 28.8 Å². The van der Waals surface area contributed by atoms with Crippen LogP contribution >= 0.6 is 11.6 Å². The SMILES string of the molecule is COc1ccc([C@@H]2CN(C(=O)[C@@H]3COC(C)(C)O3)C[C@@]2(C)C(C)O)cc1OC1CN(c2cc(Cl)c(C)cn2)C1. The fourth-order valence-electron chi connectivity index (χ4n) is 5.65. The Balaban J connectivity index is 1.32. The number of hydrogen-bond donors (Lipinski definition) is 1. The summed E-state index contributed by atoms with van der Waals surface area (Å²) in [4.78, 5) is 21.7. The van der Waals surface area contributed by atoms with Gasteiger partial charge >= 0.3 is 0 Å². The maximum absolute atomic E-state index is 13.3. The minimum Gasteiger partial charge on any atom is -0.493 e. The minimum atomic E-state index is -0.784. The Bertz CT molecular complexity index is 1230. The smallest absolute Gasteiger partial charge is 0.254 e.